The molecule has 0 radical (unpaired) electrons. The average Bonchev–Trinajstić information content (AvgIpc) is 2.75. The third kappa shape index (κ3) is 4.40. The smallest absolute Gasteiger partial charge is 0.451 e. The highest BCUT2D eigenvalue weighted by atomic mass is 32.1. The van der Waals surface area contributed by atoms with Crippen molar-refractivity contribution in [2.45, 2.75) is 6.18 Å². The minimum Gasteiger partial charge on any atom is -0.741 e. The highest BCUT2D eigenvalue weighted by molar-refractivity contribution is 7.94. The molecule has 0 N–H and O–H groups in total. The first-order valence-electron chi connectivity index (χ1n) is 9.00. The molecule has 2 nitrogen and oxygen atoms in total. The van der Waals surface area contributed by atoms with E-state index in [2.05, 4.69) is 12.6 Å². The van der Waals surface area contributed by atoms with Gasteiger partial charge in [0.1, 0.15) is 0 Å². The Kier molecular flexibility index (Phi) is 6.59. The molecule has 30 heavy (non-hydrogen) atoms. The van der Waals surface area contributed by atoms with E-state index in [1.54, 1.807) is 91.0 Å². The van der Waals surface area contributed by atoms with E-state index in [4.69, 9.17) is 0 Å². The van der Waals surface area contributed by atoms with Crippen molar-refractivity contribution in [3.05, 3.63) is 91.0 Å². The number of Topliss-reactive ketones (excluding diaryl/α,β-unsaturated/α-hetero) is 1. The van der Waals surface area contributed by atoms with Crippen molar-refractivity contribution in [2.24, 2.45) is 5.92 Å². The molecule has 3 rings (SSSR count). The molecule has 7 heteroatoms. The fraction of sp³-hybridized carbons (Fsp3) is 0.0870. The zero-order chi connectivity index (χ0) is 21.8. The van der Waals surface area contributed by atoms with Gasteiger partial charge >= 0.3 is 6.18 Å². The maximum absolute atomic E-state index is 13.3. The van der Waals surface area contributed by atoms with Crippen LogP contribution in [0.3, 0.4) is 0 Å². The second kappa shape index (κ2) is 8.99. The van der Waals surface area contributed by atoms with Crippen molar-refractivity contribution in [1.82, 2.24) is 0 Å². The number of carbonyl (C=O) groups is 2. The van der Waals surface area contributed by atoms with E-state index in [0.717, 1.165) is 15.9 Å². The van der Waals surface area contributed by atoms with E-state index >= 15 is 0 Å². The van der Waals surface area contributed by atoms with Gasteiger partial charge in [-0.25, -0.2) is 0 Å². The van der Waals surface area contributed by atoms with Crippen LogP contribution in [0.5, 0.6) is 0 Å². The molecule has 0 aliphatic rings. The maximum Gasteiger partial charge on any atom is 0.451 e. The van der Waals surface area contributed by atoms with Crippen molar-refractivity contribution >= 4 is 52.1 Å². The van der Waals surface area contributed by atoms with E-state index < -0.39 is 29.9 Å². The lowest BCUT2D eigenvalue weighted by atomic mass is 10.1. The number of ketones is 1. The number of alkyl halides is 3. The van der Waals surface area contributed by atoms with Crippen molar-refractivity contribution in [2.75, 3.05) is 0 Å². The number of rotatable bonds is 6. The lowest BCUT2D eigenvalue weighted by Gasteiger charge is -2.31. The van der Waals surface area contributed by atoms with Gasteiger partial charge in [0.05, 0.1) is 5.92 Å². The molecule has 0 aliphatic heterocycles. The SMILES string of the molecule is O=C([S-])C(C=P(c1ccccc1)(c1ccccc1)c1ccccc1)C(=O)C(F)(F)F. The Bertz CT molecular complexity index is 978. The van der Waals surface area contributed by atoms with E-state index in [1.165, 1.54) is 5.80 Å². The number of carbonyl (C=O) groups excluding carboxylic acids is 2. The van der Waals surface area contributed by atoms with Gasteiger partial charge < -0.3 is 17.4 Å². The van der Waals surface area contributed by atoms with Crippen LogP contribution in [0, 0.1) is 5.92 Å². The van der Waals surface area contributed by atoms with Crippen LogP contribution in [0.1, 0.15) is 0 Å². The number of hydrogen-bond acceptors (Lipinski definition) is 3. The summed E-state index contributed by atoms with van der Waals surface area (Å²) >= 11 is 4.59. The second-order valence-electron chi connectivity index (χ2n) is 6.54. The van der Waals surface area contributed by atoms with Crippen LogP contribution in [0.15, 0.2) is 91.0 Å². The van der Waals surface area contributed by atoms with Crippen LogP contribution in [0.4, 0.5) is 13.2 Å². The zero-order valence-corrected chi connectivity index (χ0v) is 17.3. The second-order valence-corrected chi connectivity index (χ2v) is 10.2. The van der Waals surface area contributed by atoms with Gasteiger partial charge in [-0.2, -0.15) is 13.2 Å². The molecular formula is C23H17F3O2PS-. The first kappa shape index (κ1) is 22.0. The first-order valence-corrected chi connectivity index (χ1v) is 11.3. The highest BCUT2D eigenvalue weighted by Crippen LogP contribution is 2.45. The summed E-state index contributed by atoms with van der Waals surface area (Å²) in [6, 6.07) is 26.8. The van der Waals surface area contributed by atoms with Crippen LogP contribution in [-0.2, 0) is 22.2 Å². The first-order chi connectivity index (χ1) is 14.3. The molecule has 1 unspecified atom stereocenters. The third-order valence-electron chi connectivity index (χ3n) is 4.68. The Balaban J connectivity index is 2.46. The summed E-state index contributed by atoms with van der Waals surface area (Å²) in [7, 11) is 0. The summed E-state index contributed by atoms with van der Waals surface area (Å²) in [5.74, 6) is -2.97. The quantitative estimate of drug-likeness (QED) is 0.330. The van der Waals surface area contributed by atoms with Gasteiger partial charge in [0.2, 0.25) is 5.78 Å². The summed E-state index contributed by atoms with van der Waals surface area (Å²) in [5, 5.41) is 0.917. The molecule has 154 valence electrons. The van der Waals surface area contributed by atoms with Crippen LogP contribution < -0.4 is 15.9 Å². The van der Waals surface area contributed by atoms with Gasteiger partial charge in [-0.3, -0.25) is 4.79 Å². The molecule has 1 atom stereocenters. The standard InChI is InChI=1S/C23H18F3O2PS/c24-23(25,26)21(27)20(22(28)30)16-29(17-10-4-1-5-11-17,18-12-6-2-7-13-18)19-14-8-3-9-15-19/h1-16,20H,(H,28,30)/p-1. The predicted octanol–water partition coefficient (Wildman–Crippen LogP) is 3.60. The van der Waals surface area contributed by atoms with Gasteiger partial charge in [-0.1, -0.05) is 96.8 Å². The summed E-state index contributed by atoms with van der Waals surface area (Å²) in [6.07, 6.45) is -5.17. The highest BCUT2D eigenvalue weighted by Gasteiger charge is 2.44. The molecule has 0 aromatic heterocycles. The Hall–Kier alpha value is -2.69. The van der Waals surface area contributed by atoms with E-state index in [9.17, 15) is 22.8 Å². The lowest BCUT2D eigenvalue weighted by molar-refractivity contribution is -0.173. The van der Waals surface area contributed by atoms with Crippen LogP contribution in [0.2, 0.25) is 0 Å². The molecule has 0 saturated carbocycles. The molecule has 3 aromatic carbocycles. The average molecular weight is 445 g/mol. The Morgan fingerprint density at radius 3 is 1.33 bits per heavy atom. The van der Waals surface area contributed by atoms with Crippen molar-refractivity contribution in [3.63, 3.8) is 0 Å². The number of halogens is 3. The molecule has 0 bridgehead atoms. The molecule has 0 heterocycles. The molecule has 0 fully saturated rings. The van der Waals surface area contributed by atoms with E-state index in [0.29, 0.717) is 0 Å². The topological polar surface area (TPSA) is 34.1 Å². The summed E-state index contributed by atoms with van der Waals surface area (Å²) < 4.78 is 39.9. The molecule has 0 spiro atoms. The van der Waals surface area contributed by atoms with Crippen LogP contribution >= 0.6 is 6.89 Å². The fourth-order valence-electron chi connectivity index (χ4n) is 3.33. The maximum atomic E-state index is 13.3. The monoisotopic (exact) mass is 445 g/mol. The fourth-order valence-corrected chi connectivity index (χ4v) is 7.66. The Morgan fingerprint density at radius 1 is 0.733 bits per heavy atom. The summed E-state index contributed by atoms with van der Waals surface area (Å²) in [5.41, 5.74) is 0. The van der Waals surface area contributed by atoms with Gasteiger partial charge in [0, 0.05) is 5.12 Å². The Morgan fingerprint density at radius 2 is 1.07 bits per heavy atom. The molecular weight excluding hydrogens is 428 g/mol. The van der Waals surface area contributed by atoms with Crippen molar-refractivity contribution in [3.8, 4) is 0 Å². The minimum atomic E-state index is -5.17. The number of hydrogen-bond donors (Lipinski definition) is 0. The van der Waals surface area contributed by atoms with Crippen molar-refractivity contribution in [1.29, 1.82) is 0 Å². The van der Waals surface area contributed by atoms with Crippen LogP contribution in [-0.4, -0.2) is 22.9 Å². The van der Waals surface area contributed by atoms with Crippen molar-refractivity contribution < 1.29 is 22.8 Å². The molecule has 3 aromatic rings. The third-order valence-corrected chi connectivity index (χ3v) is 9.02. The number of benzene rings is 3. The van der Waals surface area contributed by atoms with E-state index in [-0.39, 0.29) is 0 Å². The predicted molar refractivity (Wildman–Crippen MR) is 118 cm³/mol. The summed E-state index contributed by atoms with van der Waals surface area (Å²) in [6.45, 7) is -2.92. The van der Waals surface area contributed by atoms with Gasteiger partial charge in [0.25, 0.3) is 0 Å². The molecule has 0 saturated heterocycles. The van der Waals surface area contributed by atoms with Gasteiger partial charge in [0.15, 0.2) is 0 Å². The minimum absolute atomic E-state index is 0.721. The Labute approximate surface area is 178 Å². The van der Waals surface area contributed by atoms with E-state index in [1.807, 2.05) is 0 Å². The molecule has 0 amide bonds. The van der Waals surface area contributed by atoms with Gasteiger partial charge in [-0.05, 0) is 22.8 Å². The lowest BCUT2D eigenvalue weighted by Crippen LogP contribution is -2.38. The zero-order valence-electron chi connectivity index (χ0n) is 15.6. The summed E-state index contributed by atoms with van der Waals surface area (Å²) in [4.78, 5) is 24.2. The molecule has 0 aliphatic carbocycles. The normalized spacial score (nSPS) is 12.8. The van der Waals surface area contributed by atoms with Crippen LogP contribution in [0.25, 0.3) is 0 Å². The van der Waals surface area contributed by atoms with Gasteiger partial charge in [-0.15, -0.1) is 0 Å². The largest absolute Gasteiger partial charge is 0.741 e.